The summed E-state index contributed by atoms with van der Waals surface area (Å²) in [5, 5.41) is 22.1. The van der Waals surface area contributed by atoms with Crippen LogP contribution in [-0.4, -0.2) is 32.2 Å². The summed E-state index contributed by atoms with van der Waals surface area (Å²) in [6, 6.07) is 11.1. The number of carboxylic acids is 1. The van der Waals surface area contributed by atoms with Crippen molar-refractivity contribution in [2.24, 2.45) is 0 Å². The van der Waals surface area contributed by atoms with Crippen LogP contribution in [-0.2, 0) is 6.54 Å². The largest absolute Gasteiger partial charge is 0.477 e. The van der Waals surface area contributed by atoms with E-state index in [1.807, 2.05) is 0 Å². The van der Waals surface area contributed by atoms with Gasteiger partial charge in [-0.25, -0.2) is 23.5 Å². The lowest BCUT2D eigenvalue weighted by Gasteiger charge is -2.10. The van der Waals surface area contributed by atoms with Crippen molar-refractivity contribution in [2.45, 2.75) is 6.54 Å². The second-order valence-electron chi connectivity index (χ2n) is 6.28. The summed E-state index contributed by atoms with van der Waals surface area (Å²) in [4.78, 5) is 19.2. The fourth-order valence-electron chi connectivity index (χ4n) is 3.13. The summed E-state index contributed by atoms with van der Waals surface area (Å²) in [5.74, 6) is -2.13. The SMILES string of the molecule is N#Cc1cc2cccc(F)c2n1CCNc1cc(-c2cc(F)c(C(=O)O)s2)ncn1. The number of aromatic carboxylic acids is 1. The van der Waals surface area contributed by atoms with Gasteiger partial charge in [0.25, 0.3) is 0 Å². The van der Waals surface area contributed by atoms with Crippen LogP contribution in [0.3, 0.4) is 0 Å². The maximum absolute atomic E-state index is 14.2. The smallest absolute Gasteiger partial charge is 0.348 e. The van der Waals surface area contributed by atoms with Gasteiger partial charge in [0.1, 0.15) is 40.4 Å². The van der Waals surface area contributed by atoms with E-state index in [4.69, 9.17) is 5.11 Å². The Labute approximate surface area is 172 Å². The molecule has 0 bridgehead atoms. The molecule has 0 spiro atoms. The quantitative estimate of drug-likeness (QED) is 0.482. The van der Waals surface area contributed by atoms with E-state index in [2.05, 4.69) is 21.4 Å². The molecular weight excluding hydrogens is 412 g/mol. The highest BCUT2D eigenvalue weighted by Crippen LogP contribution is 2.30. The van der Waals surface area contributed by atoms with Crippen LogP contribution in [0.1, 0.15) is 15.4 Å². The number of hydrogen-bond acceptors (Lipinski definition) is 6. The first-order chi connectivity index (χ1) is 14.5. The minimum absolute atomic E-state index is 0.309. The van der Waals surface area contributed by atoms with Crippen LogP contribution in [0.25, 0.3) is 21.5 Å². The van der Waals surface area contributed by atoms with Crippen molar-refractivity contribution in [3.8, 4) is 16.6 Å². The number of benzene rings is 1. The maximum Gasteiger partial charge on any atom is 0.348 e. The summed E-state index contributed by atoms with van der Waals surface area (Å²) in [6.45, 7) is 0.645. The first-order valence-corrected chi connectivity index (χ1v) is 9.56. The van der Waals surface area contributed by atoms with E-state index < -0.39 is 17.6 Å². The summed E-state index contributed by atoms with van der Waals surface area (Å²) < 4.78 is 29.6. The molecule has 2 N–H and O–H groups in total. The zero-order chi connectivity index (χ0) is 21.3. The molecule has 0 radical (unpaired) electrons. The normalized spacial score (nSPS) is 10.8. The van der Waals surface area contributed by atoms with E-state index in [0.29, 0.717) is 46.1 Å². The molecule has 10 heteroatoms. The Morgan fingerprint density at radius 3 is 2.80 bits per heavy atom. The van der Waals surface area contributed by atoms with Crippen molar-refractivity contribution < 1.29 is 18.7 Å². The number of carbonyl (C=O) groups is 1. The third-order valence-corrected chi connectivity index (χ3v) is 5.55. The number of rotatable bonds is 6. The van der Waals surface area contributed by atoms with Crippen molar-refractivity contribution in [1.29, 1.82) is 5.26 Å². The van der Waals surface area contributed by atoms with Gasteiger partial charge in [0.2, 0.25) is 0 Å². The number of halogens is 2. The Balaban J connectivity index is 1.53. The second kappa shape index (κ2) is 7.88. The van der Waals surface area contributed by atoms with Crippen molar-refractivity contribution in [3.63, 3.8) is 0 Å². The number of fused-ring (bicyclic) bond motifs is 1. The number of para-hydroxylation sites is 1. The number of anilines is 1. The Morgan fingerprint density at radius 2 is 2.07 bits per heavy atom. The van der Waals surface area contributed by atoms with E-state index in [-0.39, 0.29) is 4.88 Å². The van der Waals surface area contributed by atoms with Crippen LogP contribution in [0.2, 0.25) is 0 Å². The zero-order valence-electron chi connectivity index (χ0n) is 15.3. The van der Waals surface area contributed by atoms with Gasteiger partial charge < -0.3 is 15.0 Å². The molecule has 30 heavy (non-hydrogen) atoms. The van der Waals surface area contributed by atoms with Crippen molar-refractivity contribution in [3.05, 3.63) is 64.9 Å². The minimum atomic E-state index is -1.34. The maximum atomic E-state index is 14.2. The number of thiophene rings is 1. The predicted octanol–water partition coefficient (Wildman–Crippen LogP) is 4.12. The van der Waals surface area contributed by atoms with Crippen molar-refractivity contribution in [1.82, 2.24) is 14.5 Å². The minimum Gasteiger partial charge on any atom is -0.477 e. The highest BCUT2D eigenvalue weighted by molar-refractivity contribution is 7.17. The van der Waals surface area contributed by atoms with Crippen LogP contribution < -0.4 is 5.32 Å². The second-order valence-corrected chi connectivity index (χ2v) is 7.33. The number of hydrogen-bond donors (Lipinski definition) is 2. The van der Waals surface area contributed by atoms with Crippen LogP contribution in [0.4, 0.5) is 14.6 Å². The Bertz CT molecular complexity index is 1310. The molecule has 7 nitrogen and oxygen atoms in total. The molecule has 3 heterocycles. The highest BCUT2D eigenvalue weighted by atomic mass is 32.1. The lowest BCUT2D eigenvalue weighted by atomic mass is 10.2. The molecular formula is C20H13F2N5O2S. The molecule has 0 saturated heterocycles. The molecule has 0 aliphatic carbocycles. The van der Waals surface area contributed by atoms with Gasteiger partial charge in [-0.1, -0.05) is 12.1 Å². The molecule has 0 aliphatic rings. The average molecular weight is 425 g/mol. The molecule has 3 aromatic heterocycles. The Hall–Kier alpha value is -3.84. The van der Waals surface area contributed by atoms with E-state index in [1.54, 1.807) is 28.8 Å². The summed E-state index contributed by atoms with van der Waals surface area (Å²) in [7, 11) is 0. The lowest BCUT2D eigenvalue weighted by Crippen LogP contribution is -2.13. The molecule has 4 rings (SSSR count). The van der Waals surface area contributed by atoms with Gasteiger partial charge >= 0.3 is 5.97 Å². The number of carboxylic acid groups (broad SMARTS) is 1. The fraction of sp³-hybridized carbons (Fsp3) is 0.100. The number of nitrogens with zero attached hydrogens (tertiary/aromatic N) is 4. The number of nitriles is 1. The summed E-state index contributed by atoms with van der Waals surface area (Å²) in [6.07, 6.45) is 1.28. The number of aromatic nitrogens is 3. The molecule has 0 aliphatic heterocycles. The summed E-state index contributed by atoms with van der Waals surface area (Å²) >= 11 is 0.785. The van der Waals surface area contributed by atoms with E-state index in [0.717, 1.165) is 17.4 Å². The van der Waals surface area contributed by atoms with Gasteiger partial charge in [-0.3, -0.25) is 0 Å². The molecule has 0 atom stereocenters. The molecule has 150 valence electrons. The lowest BCUT2D eigenvalue weighted by molar-refractivity contribution is 0.0697. The van der Waals surface area contributed by atoms with Gasteiger partial charge in [0.05, 0.1) is 16.1 Å². The predicted molar refractivity (Wildman–Crippen MR) is 107 cm³/mol. The van der Waals surface area contributed by atoms with E-state index in [1.165, 1.54) is 12.4 Å². The van der Waals surface area contributed by atoms with Crippen LogP contribution in [0, 0.1) is 23.0 Å². The van der Waals surface area contributed by atoms with Crippen LogP contribution in [0.5, 0.6) is 0 Å². The molecule has 1 aromatic carbocycles. The van der Waals surface area contributed by atoms with Gasteiger partial charge in [-0.05, 0) is 18.2 Å². The van der Waals surface area contributed by atoms with Crippen LogP contribution in [0.15, 0.2) is 42.7 Å². The van der Waals surface area contributed by atoms with Crippen LogP contribution >= 0.6 is 11.3 Å². The first kappa shape index (κ1) is 19.5. The van der Waals surface area contributed by atoms with Gasteiger partial charge in [0, 0.05) is 24.5 Å². The third-order valence-electron chi connectivity index (χ3n) is 4.43. The van der Waals surface area contributed by atoms with Gasteiger partial charge in [-0.15, -0.1) is 11.3 Å². The molecule has 0 unspecified atom stereocenters. The topological polar surface area (TPSA) is 104 Å². The highest BCUT2D eigenvalue weighted by Gasteiger charge is 2.17. The third kappa shape index (κ3) is 3.58. The standard InChI is InChI=1S/C20H13F2N5O2S/c21-13-3-1-2-11-6-12(9-23)27(18(11)13)5-4-24-17-8-15(25-10-26-17)16-7-14(22)19(30-16)20(28)29/h1-3,6-8,10H,4-5H2,(H,28,29)(H,24,25,26). The molecule has 0 amide bonds. The molecule has 0 fully saturated rings. The van der Waals surface area contributed by atoms with E-state index in [9.17, 15) is 18.8 Å². The monoisotopic (exact) mass is 425 g/mol. The molecule has 4 aromatic rings. The van der Waals surface area contributed by atoms with Crippen molar-refractivity contribution >= 4 is 34.0 Å². The first-order valence-electron chi connectivity index (χ1n) is 8.74. The van der Waals surface area contributed by atoms with Gasteiger partial charge in [-0.2, -0.15) is 5.26 Å². The Kier molecular flexibility index (Phi) is 5.12. The zero-order valence-corrected chi connectivity index (χ0v) is 16.1. The molecule has 0 saturated carbocycles. The van der Waals surface area contributed by atoms with Gasteiger partial charge in [0.15, 0.2) is 0 Å². The number of nitrogens with one attached hydrogen (secondary N) is 1. The summed E-state index contributed by atoms with van der Waals surface area (Å²) in [5.41, 5.74) is 1.07. The Morgan fingerprint density at radius 1 is 1.23 bits per heavy atom. The fourth-order valence-corrected chi connectivity index (χ4v) is 3.97. The van der Waals surface area contributed by atoms with E-state index >= 15 is 0 Å². The van der Waals surface area contributed by atoms with Crippen molar-refractivity contribution in [2.75, 3.05) is 11.9 Å². The average Bonchev–Trinajstić information content (AvgIpc) is 3.30.